The van der Waals surface area contributed by atoms with Crippen molar-refractivity contribution in [3.63, 3.8) is 0 Å². The number of nitrogens with zero attached hydrogens (tertiary/aromatic N) is 2. The lowest BCUT2D eigenvalue weighted by molar-refractivity contribution is -0.152. The van der Waals surface area contributed by atoms with Crippen molar-refractivity contribution < 1.29 is 9.59 Å². The maximum atomic E-state index is 13.4. The molecule has 2 amide bonds. The highest BCUT2D eigenvalue weighted by molar-refractivity contribution is 7.13. The maximum Gasteiger partial charge on any atom is 0.253 e. The molecule has 3 saturated heterocycles. The smallest absolute Gasteiger partial charge is 0.253 e. The third kappa shape index (κ3) is 3.47. The third-order valence-corrected chi connectivity index (χ3v) is 8.22. The van der Waals surface area contributed by atoms with Crippen molar-refractivity contribution in [3.8, 4) is 10.4 Å². The standard InChI is InChI=1S/C25H30N2O2S/c1-2-5-21-19-14-20(22-6-3-8-24(28)27(21)22)16-26(15-19)25(29)18-11-9-17(10-12-18)23-7-4-13-30-23/h4,7,9-13,19-22H,2-3,5-6,8,14-16H2,1H3/t19-,20+,21-,22-/m0/s1. The molecule has 0 radical (unpaired) electrons. The van der Waals surface area contributed by atoms with Gasteiger partial charge in [-0.1, -0.05) is 31.5 Å². The Morgan fingerprint density at radius 1 is 1.13 bits per heavy atom. The predicted molar refractivity (Wildman–Crippen MR) is 120 cm³/mol. The first-order valence-electron chi connectivity index (χ1n) is 11.4. The topological polar surface area (TPSA) is 40.6 Å². The molecule has 2 bridgehead atoms. The summed E-state index contributed by atoms with van der Waals surface area (Å²) in [5, 5.41) is 2.08. The average molecular weight is 423 g/mol. The van der Waals surface area contributed by atoms with Crippen molar-refractivity contribution >= 4 is 23.2 Å². The van der Waals surface area contributed by atoms with Crippen molar-refractivity contribution in [2.75, 3.05) is 13.1 Å². The second-order valence-electron chi connectivity index (χ2n) is 9.14. The Labute approximate surface area is 182 Å². The van der Waals surface area contributed by atoms with Crippen LogP contribution in [0.3, 0.4) is 0 Å². The fourth-order valence-electron chi connectivity index (χ4n) is 6.01. The lowest BCUT2D eigenvalue weighted by Crippen LogP contribution is -2.65. The summed E-state index contributed by atoms with van der Waals surface area (Å²) in [6.07, 6.45) is 6.10. The Hall–Kier alpha value is -2.14. The molecule has 0 saturated carbocycles. The Balaban J connectivity index is 1.36. The molecule has 5 rings (SSSR count). The van der Waals surface area contributed by atoms with E-state index in [1.165, 1.54) is 11.3 Å². The molecule has 0 N–H and O–H groups in total. The summed E-state index contributed by atoms with van der Waals surface area (Å²) in [7, 11) is 0. The Bertz CT molecular complexity index is 908. The van der Waals surface area contributed by atoms with E-state index in [9.17, 15) is 9.59 Å². The van der Waals surface area contributed by atoms with E-state index in [0.717, 1.165) is 49.9 Å². The first kappa shape index (κ1) is 19.8. The largest absolute Gasteiger partial charge is 0.338 e. The molecule has 4 nitrogen and oxygen atoms in total. The van der Waals surface area contributed by atoms with E-state index >= 15 is 0 Å². The van der Waals surface area contributed by atoms with Crippen molar-refractivity contribution in [1.82, 2.24) is 9.80 Å². The fourth-order valence-corrected chi connectivity index (χ4v) is 6.74. The number of fused-ring (bicyclic) bond motifs is 4. The fraction of sp³-hybridized carbons (Fsp3) is 0.520. The van der Waals surface area contributed by atoms with Crippen LogP contribution >= 0.6 is 11.3 Å². The van der Waals surface area contributed by atoms with Crippen molar-refractivity contribution in [2.24, 2.45) is 11.8 Å². The highest BCUT2D eigenvalue weighted by atomic mass is 32.1. The highest BCUT2D eigenvalue weighted by Crippen LogP contribution is 2.43. The van der Waals surface area contributed by atoms with Gasteiger partial charge in [0.25, 0.3) is 5.91 Å². The number of rotatable bonds is 4. The van der Waals surface area contributed by atoms with Crippen LogP contribution in [0.25, 0.3) is 10.4 Å². The molecular formula is C25H30N2O2S. The number of hydrogen-bond acceptors (Lipinski definition) is 3. The van der Waals surface area contributed by atoms with Crippen LogP contribution in [-0.4, -0.2) is 46.8 Å². The Morgan fingerprint density at radius 2 is 1.93 bits per heavy atom. The zero-order chi connectivity index (χ0) is 20.7. The molecule has 4 atom stereocenters. The number of carbonyl (C=O) groups excluding carboxylic acids is 2. The lowest BCUT2D eigenvalue weighted by atomic mass is 9.71. The van der Waals surface area contributed by atoms with Gasteiger partial charge in [0.2, 0.25) is 5.91 Å². The van der Waals surface area contributed by atoms with Gasteiger partial charge < -0.3 is 9.80 Å². The SMILES string of the molecule is CCC[C@H]1[C@H]2C[C@H](CN(C(=O)c3ccc(-c4cccs4)cc3)C2)[C@@H]2CCCC(=O)N21. The van der Waals surface area contributed by atoms with Crippen LogP contribution in [-0.2, 0) is 4.79 Å². The summed E-state index contributed by atoms with van der Waals surface area (Å²) in [5.74, 6) is 1.34. The molecule has 3 aliphatic heterocycles. The molecule has 30 heavy (non-hydrogen) atoms. The van der Waals surface area contributed by atoms with Crippen LogP contribution in [0.4, 0.5) is 0 Å². The molecule has 3 aliphatic rings. The summed E-state index contributed by atoms with van der Waals surface area (Å²) in [6, 6.07) is 12.9. The minimum Gasteiger partial charge on any atom is -0.338 e. The molecule has 5 heteroatoms. The average Bonchev–Trinajstić information content (AvgIpc) is 3.31. The van der Waals surface area contributed by atoms with Gasteiger partial charge in [-0.25, -0.2) is 0 Å². The van der Waals surface area contributed by atoms with Gasteiger partial charge in [0.15, 0.2) is 0 Å². The lowest BCUT2D eigenvalue weighted by Gasteiger charge is -2.56. The van der Waals surface area contributed by atoms with Crippen LogP contribution < -0.4 is 0 Å². The summed E-state index contributed by atoms with van der Waals surface area (Å²) < 4.78 is 0. The first-order chi connectivity index (χ1) is 14.7. The van der Waals surface area contributed by atoms with E-state index in [1.54, 1.807) is 11.3 Å². The van der Waals surface area contributed by atoms with Gasteiger partial charge in [0, 0.05) is 42.0 Å². The summed E-state index contributed by atoms with van der Waals surface area (Å²) in [4.78, 5) is 31.7. The van der Waals surface area contributed by atoms with Gasteiger partial charge in [-0.3, -0.25) is 9.59 Å². The highest BCUT2D eigenvalue weighted by Gasteiger charge is 2.49. The van der Waals surface area contributed by atoms with Crippen LogP contribution in [0.15, 0.2) is 41.8 Å². The monoisotopic (exact) mass is 422 g/mol. The number of piperidine rings is 3. The number of hydrogen-bond donors (Lipinski definition) is 0. The van der Waals surface area contributed by atoms with Crippen molar-refractivity contribution in [2.45, 2.75) is 57.5 Å². The quantitative estimate of drug-likeness (QED) is 0.691. The van der Waals surface area contributed by atoms with Crippen LogP contribution in [0.1, 0.15) is 55.8 Å². The molecule has 2 aromatic rings. The molecule has 1 aromatic carbocycles. The van der Waals surface area contributed by atoms with Gasteiger partial charge in [0.05, 0.1) is 0 Å². The molecule has 158 valence electrons. The van der Waals surface area contributed by atoms with E-state index < -0.39 is 0 Å². The van der Waals surface area contributed by atoms with Gasteiger partial charge >= 0.3 is 0 Å². The second-order valence-corrected chi connectivity index (χ2v) is 10.1. The number of benzene rings is 1. The zero-order valence-corrected chi connectivity index (χ0v) is 18.4. The minimum absolute atomic E-state index is 0.147. The first-order valence-corrected chi connectivity index (χ1v) is 12.3. The van der Waals surface area contributed by atoms with E-state index in [1.807, 2.05) is 12.1 Å². The van der Waals surface area contributed by atoms with Crippen LogP contribution in [0, 0.1) is 11.8 Å². The Kier molecular flexibility index (Phi) is 5.40. The number of carbonyl (C=O) groups is 2. The molecule has 0 aliphatic carbocycles. The molecule has 3 fully saturated rings. The third-order valence-electron chi connectivity index (χ3n) is 7.31. The van der Waals surface area contributed by atoms with E-state index in [0.29, 0.717) is 36.2 Å². The Morgan fingerprint density at radius 3 is 2.67 bits per heavy atom. The van der Waals surface area contributed by atoms with Crippen LogP contribution in [0.5, 0.6) is 0 Å². The molecule has 0 unspecified atom stereocenters. The van der Waals surface area contributed by atoms with Gasteiger partial charge in [-0.05, 0) is 66.7 Å². The summed E-state index contributed by atoms with van der Waals surface area (Å²) >= 11 is 1.72. The van der Waals surface area contributed by atoms with Crippen molar-refractivity contribution in [1.29, 1.82) is 0 Å². The van der Waals surface area contributed by atoms with E-state index in [-0.39, 0.29) is 5.91 Å². The molecule has 4 heterocycles. The predicted octanol–water partition coefficient (Wildman–Crippen LogP) is 5.06. The van der Waals surface area contributed by atoms with Crippen LogP contribution in [0.2, 0.25) is 0 Å². The molecular weight excluding hydrogens is 392 g/mol. The second kappa shape index (κ2) is 8.18. The molecule has 1 aromatic heterocycles. The zero-order valence-electron chi connectivity index (χ0n) is 17.6. The number of likely N-dealkylation sites (tertiary alicyclic amines) is 1. The van der Waals surface area contributed by atoms with Gasteiger partial charge in [-0.15, -0.1) is 11.3 Å². The molecule has 0 spiro atoms. The van der Waals surface area contributed by atoms with Gasteiger partial charge in [0.1, 0.15) is 0 Å². The van der Waals surface area contributed by atoms with E-state index in [4.69, 9.17) is 0 Å². The number of amides is 2. The van der Waals surface area contributed by atoms with E-state index in [2.05, 4.69) is 46.4 Å². The summed E-state index contributed by atoms with van der Waals surface area (Å²) in [5.41, 5.74) is 1.94. The van der Waals surface area contributed by atoms with Crippen molar-refractivity contribution in [3.05, 3.63) is 47.3 Å². The minimum atomic E-state index is 0.147. The normalized spacial score (nSPS) is 28.4. The number of thiophene rings is 1. The summed E-state index contributed by atoms with van der Waals surface area (Å²) in [6.45, 7) is 3.77. The maximum absolute atomic E-state index is 13.4. The van der Waals surface area contributed by atoms with Gasteiger partial charge in [-0.2, -0.15) is 0 Å².